The lowest BCUT2D eigenvalue weighted by Crippen LogP contribution is -2.21. The van der Waals surface area contributed by atoms with E-state index in [1.165, 1.54) is 13.1 Å². The van der Waals surface area contributed by atoms with Gasteiger partial charge in [0.1, 0.15) is 10.7 Å². The Hall–Kier alpha value is -1.20. The van der Waals surface area contributed by atoms with Crippen LogP contribution in [-0.4, -0.2) is 20.0 Å². The minimum absolute atomic E-state index is 0.0812. The summed E-state index contributed by atoms with van der Waals surface area (Å²) in [7, 11) is 1.50. The molecule has 0 amide bonds. The van der Waals surface area contributed by atoms with Crippen molar-refractivity contribution in [2.75, 3.05) is 0 Å². The largest absolute Gasteiger partial charge is 0.277 e. The predicted molar refractivity (Wildman–Crippen MR) is 52.6 cm³/mol. The average molecular weight is 231 g/mol. The van der Waals surface area contributed by atoms with Crippen LogP contribution in [0.2, 0.25) is 10.3 Å². The summed E-state index contributed by atoms with van der Waals surface area (Å²) in [5.41, 5.74) is -0.0413. The van der Waals surface area contributed by atoms with Gasteiger partial charge in [0.2, 0.25) is 0 Å². The molecular weight excluding hydrogens is 227 g/mol. The molecule has 5 nitrogen and oxygen atoms in total. The highest BCUT2D eigenvalue weighted by Crippen LogP contribution is 2.19. The normalized spacial score (nSPS) is 10.8. The summed E-state index contributed by atoms with van der Waals surface area (Å²) in [5.74, 6) is 0. The fourth-order valence-electron chi connectivity index (χ4n) is 1.06. The maximum absolute atomic E-state index is 11.5. The molecule has 2 rings (SSSR count). The highest BCUT2D eigenvalue weighted by Gasteiger charge is 2.09. The van der Waals surface area contributed by atoms with Crippen molar-refractivity contribution in [3.63, 3.8) is 0 Å². The molecule has 0 aliphatic heterocycles. The zero-order valence-corrected chi connectivity index (χ0v) is 8.54. The molecule has 0 saturated carbocycles. The summed E-state index contributed by atoms with van der Waals surface area (Å²) in [5, 5.41) is 7.88. The van der Waals surface area contributed by atoms with Crippen LogP contribution in [0, 0.1) is 0 Å². The molecule has 0 radical (unpaired) electrons. The Morgan fingerprint density at radius 1 is 1.43 bits per heavy atom. The minimum atomic E-state index is -0.304. The van der Waals surface area contributed by atoms with Gasteiger partial charge >= 0.3 is 0 Å². The van der Waals surface area contributed by atoms with Crippen molar-refractivity contribution in [2.45, 2.75) is 0 Å². The molecule has 0 aliphatic rings. The Kier molecular flexibility index (Phi) is 2.13. The van der Waals surface area contributed by atoms with Crippen LogP contribution in [0.25, 0.3) is 10.9 Å². The maximum Gasteiger partial charge on any atom is 0.277 e. The van der Waals surface area contributed by atoms with Gasteiger partial charge in [0, 0.05) is 7.05 Å². The molecule has 2 aromatic rings. The summed E-state index contributed by atoms with van der Waals surface area (Å²) in [6.45, 7) is 0. The lowest BCUT2D eigenvalue weighted by atomic mass is 10.3. The third-order valence-corrected chi connectivity index (χ3v) is 2.18. The standard InChI is InChI=1S/C7H4Cl2N4O/c1-13-7(14)3-2-4(8)10-6(9)5(3)11-12-13/h2H,1H3. The van der Waals surface area contributed by atoms with Gasteiger partial charge in [-0.25, -0.2) is 9.67 Å². The molecule has 72 valence electrons. The summed E-state index contributed by atoms with van der Waals surface area (Å²) in [6, 6.07) is 1.42. The summed E-state index contributed by atoms with van der Waals surface area (Å²) in [4.78, 5) is 15.3. The highest BCUT2D eigenvalue weighted by atomic mass is 35.5. The Morgan fingerprint density at radius 2 is 2.14 bits per heavy atom. The number of hydrogen-bond acceptors (Lipinski definition) is 4. The van der Waals surface area contributed by atoms with Crippen molar-refractivity contribution in [3.05, 3.63) is 26.7 Å². The molecule has 0 aliphatic carbocycles. The van der Waals surface area contributed by atoms with E-state index in [0.717, 1.165) is 4.68 Å². The number of pyridine rings is 1. The van der Waals surface area contributed by atoms with Crippen molar-refractivity contribution in [1.82, 2.24) is 20.0 Å². The molecule has 0 spiro atoms. The van der Waals surface area contributed by atoms with Gasteiger partial charge in [-0.3, -0.25) is 4.79 Å². The van der Waals surface area contributed by atoms with E-state index < -0.39 is 0 Å². The van der Waals surface area contributed by atoms with Crippen LogP contribution in [-0.2, 0) is 7.05 Å². The first kappa shape index (κ1) is 9.36. The van der Waals surface area contributed by atoms with E-state index in [-0.39, 0.29) is 21.4 Å². The first-order valence-corrected chi connectivity index (χ1v) is 4.41. The first-order valence-electron chi connectivity index (χ1n) is 3.65. The first-order chi connectivity index (χ1) is 6.59. The predicted octanol–water partition coefficient (Wildman–Crippen LogP) is 1.03. The lowest BCUT2D eigenvalue weighted by molar-refractivity contribution is 0.656. The Balaban J connectivity index is 3.03. The Morgan fingerprint density at radius 3 is 2.86 bits per heavy atom. The van der Waals surface area contributed by atoms with E-state index in [9.17, 15) is 4.79 Å². The minimum Gasteiger partial charge on any atom is -0.267 e. The van der Waals surface area contributed by atoms with E-state index in [2.05, 4.69) is 15.3 Å². The monoisotopic (exact) mass is 230 g/mol. The van der Waals surface area contributed by atoms with Gasteiger partial charge in [0.15, 0.2) is 5.15 Å². The fourth-order valence-corrected chi connectivity index (χ4v) is 1.53. The van der Waals surface area contributed by atoms with Gasteiger partial charge < -0.3 is 0 Å². The highest BCUT2D eigenvalue weighted by molar-refractivity contribution is 6.36. The summed E-state index contributed by atoms with van der Waals surface area (Å²) in [6.07, 6.45) is 0. The number of halogens is 2. The molecule has 0 unspecified atom stereocenters. The van der Waals surface area contributed by atoms with Crippen LogP contribution in [0.3, 0.4) is 0 Å². The van der Waals surface area contributed by atoms with Crippen molar-refractivity contribution < 1.29 is 0 Å². The summed E-state index contributed by atoms with van der Waals surface area (Å²) < 4.78 is 1.11. The number of fused-ring (bicyclic) bond motifs is 1. The number of hydrogen-bond donors (Lipinski definition) is 0. The molecule has 14 heavy (non-hydrogen) atoms. The van der Waals surface area contributed by atoms with Crippen molar-refractivity contribution in [1.29, 1.82) is 0 Å². The van der Waals surface area contributed by atoms with Crippen LogP contribution in [0.5, 0.6) is 0 Å². The lowest BCUT2D eigenvalue weighted by Gasteiger charge is -1.99. The Labute approximate surface area is 88.3 Å². The molecule has 0 saturated heterocycles. The van der Waals surface area contributed by atoms with Crippen LogP contribution in [0.1, 0.15) is 0 Å². The van der Waals surface area contributed by atoms with Gasteiger partial charge in [0.25, 0.3) is 5.56 Å². The molecule has 0 fully saturated rings. The van der Waals surface area contributed by atoms with Gasteiger partial charge in [0.05, 0.1) is 5.39 Å². The number of aryl methyl sites for hydroxylation is 1. The molecular formula is C7H4Cl2N4O. The van der Waals surface area contributed by atoms with Crippen molar-refractivity contribution >= 4 is 34.1 Å². The SMILES string of the molecule is Cn1nnc2c(Cl)nc(Cl)cc2c1=O. The van der Waals surface area contributed by atoms with Gasteiger partial charge in [-0.2, -0.15) is 0 Å². The molecule has 0 aromatic carbocycles. The molecule has 0 N–H and O–H groups in total. The molecule has 0 bridgehead atoms. The molecule has 2 aromatic heterocycles. The van der Waals surface area contributed by atoms with Crippen molar-refractivity contribution in [2.24, 2.45) is 7.05 Å². The Bertz CT molecular complexity index is 565. The quantitative estimate of drug-likeness (QED) is 0.635. The third-order valence-electron chi connectivity index (χ3n) is 1.72. The summed E-state index contributed by atoms with van der Waals surface area (Å²) >= 11 is 11.4. The van der Waals surface area contributed by atoms with E-state index in [1.807, 2.05) is 0 Å². The number of aromatic nitrogens is 4. The van der Waals surface area contributed by atoms with Gasteiger partial charge in [-0.15, -0.1) is 5.10 Å². The van der Waals surface area contributed by atoms with Crippen LogP contribution in [0.4, 0.5) is 0 Å². The van der Waals surface area contributed by atoms with Crippen LogP contribution < -0.4 is 5.56 Å². The average Bonchev–Trinajstić information content (AvgIpc) is 2.12. The molecule has 0 atom stereocenters. The zero-order valence-electron chi connectivity index (χ0n) is 7.03. The second-order valence-corrected chi connectivity index (χ2v) is 3.40. The van der Waals surface area contributed by atoms with E-state index in [4.69, 9.17) is 23.2 Å². The van der Waals surface area contributed by atoms with Gasteiger partial charge in [-0.1, -0.05) is 28.4 Å². The van der Waals surface area contributed by atoms with E-state index in [1.54, 1.807) is 0 Å². The van der Waals surface area contributed by atoms with Gasteiger partial charge in [-0.05, 0) is 6.07 Å². The third kappa shape index (κ3) is 1.34. The maximum atomic E-state index is 11.5. The molecule has 2 heterocycles. The second kappa shape index (κ2) is 3.18. The molecule has 7 heteroatoms. The van der Waals surface area contributed by atoms with Crippen LogP contribution in [0.15, 0.2) is 10.9 Å². The fraction of sp³-hybridized carbons (Fsp3) is 0.143. The number of nitrogens with zero attached hydrogens (tertiary/aromatic N) is 4. The topological polar surface area (TPSA) is 60.7 Å². The number of rotatable bonds is 0. The van der Waals surface area contributed by atoms with Crippen LogP contribution >= 0.6 is 23.2 Å². The van der Waals surface area contributed by atoms with Crippen molar-refractivity contribution in [3.8, 4) is 0 Å². The smallest absolute Gasteiger partial charge is 0.267 e. The van der Waals surface area contributed by atoms with E-state index in [0.29, 0.717) is 5.39 Å². The zero-order chi connectivity index (χ0) is 10.3. The van der Waals surface area contributed by atoms with E-state index >= 15 is 0 Å². The second-order valence-electron chi connectivity index (χ2n) is 2.65.